The Bertz CT molecular complexity index is 1340. The van der Waals surface area contributed by atoms with E-state index in [-0.39, 0.29) is 11.1 Å². The number of aryl methyl sites for hydroxylation is 2. The first-order valence-electron chi connectivity index (χ1n) is 8.67. The first-order chi connectivity index (χ1) is 13.7. The van der Waals surface area contributed by atoms with E-state index in [2.05, 4.69) is 25.3 Å². The van der Waals surface area contributed by atoms with Crippen LogP contribution >= 0.6 is 11.6 Å². The molecule has 8 nitrogen and oxygen atoms in total. The predicted molar refractivity (Wildman–Crippen MR) is 105 cm³/mol. The molecule has 0 aliphatic heterocycles. The summed E-state index contributed by atoms with van der Waals surface area (Å²) in [5.74, 6) is 0. The molecule has 0 spiro atoms. The summed E-state index contributed by atoms with van der Waals surface area (Å²) >= 11 is 5.97. The van der Waals surface area contributed by atoms with Crippen LogP contribution in [0.3, 0.4) is 0 Å². The van der Waals surface area contributed by atoms with E-state index in [0.717, 1.165) is 16.8 Å². The van der Waals surface area contributed by atoms with Gasteiger partial charge in [-0.3, -0.25) is 4.79 Å². The van der Waals surface area contributed by atoms with Crippen LogP contribution in [-0.4, -0.2) is 34.3 Å². The highest BCUT2D eigenvalue weighted by Gasteiger charge is 2.14. The number of aromatic nitrogens is 7. The Morgan fingerprint density at radius 2 is 1.93 bits per heavy atom. The Balaban J connectivity index is 1.58. The van der Waals surface area contributed by atoms with Crippen molar-refractivity contribution in [2.75, 3.05) is 0 Å². The normalized spacial score (nSPS) is 11.5. The second-order valence-corrected chi connectivity index (χ2v) is 6.81. The molecule has 138 valence electrons. The van der Waals surface area contributed by atoms with Crippen molar-refractivity contribution in [3.05, 3.63) is 76.3 Å². The fourth-order valence-electron chi connectivity index (χ4n) is 3.20. The first-order valence-corrected chi connectivity index (χ1v) is 9.05. The summed E-state index contributed by atoms with van der Waals surface area (Å²) in [5.41, 5.74) is 4.02. The van der Waals surface area contributed by atoms with Gasteiger partial charge in [0.1, 0.15) is 5.52 Å². The third-order valence-electron chi connectivity index (χ3n) is 4.67. The average molecular weight is 392 g/mol. The Labute approximate surface area is 163 Å². The van der Waals surface area contributed by atoms with Gasteiger partial charge in [0.05, 0.1) is 12.5 Å². The number of rotatable bonds is 4. The van der Waals surface area contributed by atoms with E-state index in [4.69, 9.17) is 11.6 Å². The molecule has 0 atom stereocenters. The van der Waals surface area contributed by atoms with Gasteiger partial charge in [0.25, 0.3) is 5.56 Å². The van der Waals surface area contributed by atoms with Gasteiger partial charge in [0.2, 0.25) is 0 Å². The van der Waals surface area contributed by atoms with E-state index in [9.17, 15) is 4.79 Å². The molecule has 0 radical (unpaired) electrons. The minimum absolute atomic E-state index is 0.199. The summed E-state index contributed by atoms with van der Waals surface area (Å²) in [6.07, 6.45) is 7.51. The smallest absolute Gasteiger partial charge is 0.280 e. The number of imidazole rings is 1. The van der Waals surface area contributed by atoms with Crippen LogP contribution in [0.1, 0.15) is 5.69 Å². The van der Waals surface area contributed by atoms with E-state index in [1.807, 2.05) is 30.3 Å². The summed E-state index contributed by atoms with van der Waals surface area (Å²) in [7, 11) is 0. The third-order valence-corrected chi connectivity index (χ3v) is 4.92. The lowest BCUT2D eigenvalue weighted by Gasteiger charge is -2.07. The van der Waals surface area contributed by atoms with E-state index in [0.29, 0.717) is 29.2 Å². The zero-order valence-corrected chi connectivity index (χ0v) is 15.3. The molecule has 0 aliphatic rings. The average Bonchev–Trinajstić information content (AvgIpc) is 3.38. The molecule has 0 amide bonds. The number of fused-ring (bicyclic) bond motifs is 3. The first kappa shape index (κ1) is 16.6. The zero-order valence-electron chi connectivity index (χ0n) is 14.6. The van der Waals surface area contributed by atoms with Gasteiger partial charge < -0.3 is 9.55 Å². The molecular formula is C19H14ClN7O. The fourth-order valence-corrected chi connectivity index (χ4v) is 3.33. The summed E-state index contributed by atoms with van der Waals surface area (Å²) in [4.78, 5) is 19.8. The van der Waals surface area contributed by atoms with Gasteiger partial charge in [-0.15, -0.1) is 10.2 Å². The van der Waals surface area contributed by atoms with Gasteiger partial charge in [-0.05, 0) is 23.8 Å². The van der Waals surface area contributed by atoms with Crippen LogP contribution in [0.25, 0.3) is 27.8 Å². The number of hydrogen-bond donors (Lipinski definition) is 1. The molecule has 4 heterocycles. The summed E-state index contributed by atoms with van der Waals surface area (Å²) < 4.78 is 3.26. The van der Waals surface area contributed by atoms with Crippen molar-refractivity contribution in [1.82, 2.24) is 34.3 Å². The number of nitrogens with zero attached hydrogens (tertiary/aromatic N) is 6. The largest absolute Gasteiger partial charge is 0.348 e. The Hall–Kier alpha value is -3.52. The van der Waals surface area contributed by atoms with Crippen LogP contribution < -0.4 is 5.56 Å². The number of hydrogen-bond acceptors (Lipinski definition) is 5. The highest BCUT2D eigenvalue weighted by atomic mass is 35.5. The van der Waals surface area contributed by atoms with Crippen LogP contribution in [0, 0.1) is 0 Å². The van der Waals surface area contributed by atoms with Crippen molar-refractivity contribution >= 4 is 28.3 Å². The molecule has 0 bridgehead atoms. The van der Waals surface area contributed by atoms with Gasteiger partial charge in [0, 0.05) is 41.6 Å². The second-order valence-electron chi connectivity index (χ2n) is 6.38. The lowest BCUT2D eigenvalue weighted by atomic mass is 10.1. The highest BCUT2D eigenvalue weighted by Crippen LogP contribution is 2.25. The lowest BCUT2D eigenvalue weighted by molar-refractivity contribution is 0.664. The van der Waals surface area contributed by atoms with Gasteiger partial charge in [-0.25, -0.2) is 9.50 Å². The van der Waals surface area contributed by atoms with Crippen molar-refractivity contribution in [3.8, 4) is 11.1 Å². The zero-order chi connectivity index (χ0) is 19.1. The van der Waals surface area contributed by atoms with E-state index < -0.39 is 0 Å². The van der Waals surface area contributed by atoms with Gasteiger partial charge >= 0.3 is 0 Å². The monoisotopic (exact) mass is 391 g/mol. The van der Waals surface area contributed by atoms with Gasteiger partial charge in [-0.1, -0.05) is 23.7 Å². The Kier molecular flexibility index (Phi) is 3.91. The molecule has 0 fully saturated rings. The van der Waals surface area contributed by atoms with E-state index in [1.54, 1.807) is 34.0 Å². The molecule has 0 unspecified atom stereocenters. The number of H-pyrrole nitrogens is 1. The molecule has 9 heteroatoms. The number of halogens is 1. The quantitative estimate of drug-likeness (QED) is 0.508. The number of benzene rings is 1. The number of aromatic amines is 1. The summed E-state index contributed by atoms with van der Waals surface area (Å²) in [6, 6.07) is 9.27. The maximum absolute atomic E-state index is 12.8. The van der Waals surface area contributed by atoms with Crippen LogP contribution in [0.2, 0.25) is 5.02 Å². The molecule has 1 N–H and O–H groups in total. The van der Waals surface area contributed by atoms with Gasteiger partial charge in [-0.2, -0.15) is 5.10 Å². The fraction of sp³-hybridized carbons (Fsp3) is 0.105. The molecular weight excluding hydrogens is 378 g/mol. The molecule has 5 rings (SSSR count). The third kappa shape index (κ3) is 2.74. The van der Waals surface area contributed by atoms with Crippen molar-refractivity contribution < 1.29 is 0 Å². The maximum Gasteiger partial charge on any atom is 0.280 e. The molecule has 0 aliphatic carbocycles. The van der Waals surface area contributed by atoms with Crippen molar-refractivity contribution in [2.24, 2.45) is 0 Å². The number of nitrogens with one attached hydrogen (secondary N) is 1. The predicted octanol–water partition coefficient (Wildman–Crippen LogP) is 2.73. The Morgan fingerprint density at radius 3 is 2.71 bits per heavy atom. The van der Waals surface area contributed by atoms with E-state index >= 15 is 0 Å². The SMILES string of the molecule is O=c1c2nnc3c(-c4ccc(Cl)cc4)cnn3c2ccn1CCc1cnc[nH]1. The molecule has 4 aromatic heterocycles. The standard InChI is InChI=1S/C19H14ClN7O/c20-13-3-1-12(2-4-13)15-10-23-27-16-6-8-26(7-5-14-9-21-11-22-14)19(28)17(16)24-25-18(15)27/h1-4,6,8-11H,5,7H2,(H,21,22). The van der Waals surface area contributed by atoms with Crippen LogP contribution in [-0.2, 0) is 13.0 Å². The van der Waals surface area contributed by atoms with Crippen molar-refractivity contribution in [2.45, 2.75) is 13.0 Å². The topological polar surface area (TPSA) is 93.8 Å². The second kappa shape index (κ2) is 6.58. The Morgan fingerprint density at radius 1 is 1.07 bits per heavy atom. The molecule has 5 aromatic rings. The van der Waals surface area contributed by atoms with Gasteiger partial charge in [0.15, 0.2) is 11.2 Å². The van der Waals surface area contributed by atoms with Crippen molar-refractivity contribution in [3.63, 3.8) is 0 Å². The summed E-state index contributed by atoms with van der Waals surface area (Å²) in [6.45, 7) is 0.520. The minimum atomic E-state index is -0.199. The van der Waals surface area contributed by atoms with Crippen LogP contribution in [0.4, 0.5) is 0 Å². The van der Waals surface area contributed by atoms with Crippen LogP contribution in [0.15, 0.2) is 60.0 Å². The summed E-state index contributed by atoms with van der Waals surface area (Å²) in [5, 5.41) is 13.6. The maximum atomic E-state index is 12.8. The van der Waals surface area contributed by atoms with E-state index in [1.165, 1.54) is 0 Å². The van der Waals surface area contributed by atoms with Crippen molar-refractivity contribution in [1.29, 1.82) is 0 Å². The molecule has 1 aromatic carbocycles. The highest BCUT2D eigenvalue weighted by molar-refractivity contribution is 6.30. The molecule has 28 heavy (non-hydrogen) atoms. The molecule has 0 saturated carbocycles. The molecule has 0 saturated heterocycles. The minimum Gasteiger partial charge on any atom is -0.348 e. The van der Waals surface area contributed by atoms with Crippen LogP contribution in [0.5, 0.6) is 0 Å². The number of pyridine rings is 1. The lowest BCUT2D eigenvalue weighted by Crippen LogP contribution is -2.22.